The van der Waals surface area contributed by atoms with Crippen molar-refractivity contribution in [1.29, 1.82) is 0 Å². The molecule has 2 unspecified atom stereocenters. The van der Waals surface area contributed by atoms with Crippen molar-refractivity contribution in [3.8, 4) is 0 Å². The van der Waals surface area contributed by atoms with E-state index in [1.807, 2.05) is 10.6 Å². The molecule has 4 heteroatoms. The van der Waals surface area contributed by atoms with Crippen molar-refractivity contribution in [3.05, 3.63) is 54.1 Å². The normalized spacial score (nSPS) is 21.1. The van der Waals surface area contributed by atoms with E-state index in [1.165, 1.54) is 5.56 Å². The lowest BCUT2D eigenvalue weighted by Gasteiger charge is -2.01. The standard InChI is InChI=1S/C15H16N2O2/c1-2-19-15(18)13-9-17(10-16-13)14-8-12(14)11-6-4-3-5-7-11/h3-7,9-10,12,14H,2,8H2,1H3. The Morgan fingerprint density at radius 2 is 2.21 bits per heavy atom. The Bertz CT molecular complexity index is 577. The fraction of sp³-hybridized carbons (Fsp3) is 0.333. The Balaban J connectivity index is 1.71. The first-order valence-electron chi connectivity index (χ1n) is 6.55. The van der Waals surface area contributed by atoms with Crippen molar-refractivity contribution in [2.24, 2.45) is 0 Å². The fourth-order valence-corrected chi connectivity index (χ4v) is 2.40. The van der Waals surface area contributed by atoms with E-state index in [9.17, 15) is 4.79 Å². The van der Waals surface area contributed by atoms with E-state index >= 15 is 0 Å². The molecule has 0 saturated heterocycles. The SMILES string of the molecule is CCOC(=O)c1cn(C2CC2c2ccccc2)cn1. The van der Waals surface area contributed by atoms with Crippen LogP contribution >= 0.6 is 0 Å². The van der Waals surface area contributed by atoms with Gasteiger partial charge in [0.15, 0.2) is 5.69 Å². The third-order valence-corrected chi connectivity index (χ3v) is 3.45. The Morgan fingerprint density at radius 1 is 1.42 bits per heavy atom. The van der Waals surface area contributed by atoms with Gasteiger partial charge < -0.3 is 9.30 Å². The van der Waals surface area contributed by atoms with E-state index in [4.69, 9.17) is 4.74 Å². The largest absolute Gasteiger partial charge is 0.461 e. The quantitative estimate of drug-likeness (QED) is 0.790. The average molecular weight is 256 g/mol. The molecule has 0 bridgehead atoms. The number of hydrogen-bond donors (Lipinski definition) is 0. The van der Waals surface area contributed by atoms with Gasteiger partial charge in [-0.25, -0.2) is 9.78 Å². The van der Waals surface area contributed by atoms with Gasteiger partial charge in [0.1, 0.15) is 0 Å². The predicted molar refractivity (Wildman–Crippen MR) is 71.0 cm³/mol. The van der Waals surface area contributed by atoms with Gasteiger partial charge in [0.2, 0.25) is 0 Å². The highest BCUT2D eigenvalue weighted by atomic mass is 16.5. The van der Waals surface area contributed by atoms with Crippen LogP contribution in [0.2, 0.25) is 0 Å². The minimum Gasteiger partial charge on any atom is -0.461 e. The molecule has 0 N–H and O–H groups in total. The summed E-state index contributed by atoms with van der Waals surface area (Å²) in [5.41, 5.74) is 1.74. The molecule has 0 amide bonds. The summed E-state index contributed by atoms with van der Waals surface area (Å²) >= 11 is 0. The molecule has 98 valence electrons. The zero-order valence-electron chi connectivity index (χ0n) is 10.8. The van der Waals surface area contributed by atoms with E-state index in [1.54, 1.807) is 19.4 Å². The third kappa shape index (κ3) is 2.38. The first kappa shape index (κ1) is 12.0. The van der Waals surface area contributed by atoms with E-state index in [0.717, 1.165) is 6.42 Å². The Hall–Kier alpha value is -2.10. The Morgan fingerprint density at radius 3 is 2.95 bits per heavy atom. The maximum Gasteiger partial charge on any atom is 0.358 e. The first-order chi connectivity index (χ1) is 9.29. The van der Waals surface area contributed by atoms with Crippen LogP contribution in [0.3, 0.4) is 0 Å². The van der Waals surface area contributed by atoms with E-state index < -0.39 is 0 Å². The lowest BCUT2D eigenvalue weighted by molar-refractivity contribution is 0.0520. The number of carbonyl (C=O) groups is 1. The Labute approximate surface area is 112 Å². The summed E-state index contributed by atoms with van der Waals surface area (Å²) in [6, 6.07) is 10.8. The van der Waals surface area contributed by atoms with Gasteiger partial charge in [0.25, 0.3) is 0 Å². The maximum absolute atomic E-state index is 11.6. The molecule has 1 aromatic heterocycles. The molecule has 1 aliphatic rings. The van der Waals surface area contributed by atoms with E-state index in [0.29, 0.717) is 24.3 Å². The average Bonchev–Trinajstić information content (AvgIpc) is 3.09. The van der Waals surface area contributed by atoms with Crippen LogP contribution in [0.4, 0.5) is 0 Å². The lowest BCUT2D eigenvalue weighted by atomic mass is 10.1. The molecule has 0 aliphatic heterocycles. The number of carbonyl (C=O) groups excluding carboxylic acids is 1. The molecule has 1 heterocycles. The summed E-state index contributed by atoms with van der Waals surface area (Å²) < 4.78 is 6.96. The molecule has 1 fully saturated rings. The molecular weight excluding hydrogens is 240 g/mol. The van der Waals surface area contributed by atoms with Crippen LogP contribution in [0.1, 0.15) is 41.4 Å². The number of rotatable bonds is 4. The monoisotopic (exact) mass is 256 g/mol. The van der Waals surface area contributed by atoms with E-state index in [2.05, 4.69) is 29.2 Å². The number of ether oxygens (including phenoxy) is 1. The predicted octanol–water partition coefficient (Wildman–Crippen LogP) is 2.79. The maximum atomic E-state index is 11.6. The van der Waals surface area contributed by atoms with Gasteiger partial charge in [-0.05, 0) is 18.9 Å². The topological polar surface area (TPSA) is 44.1 Å². The lowest BCUT2D eigenvalue weighted by Crippen LogP contribution is -2.04. The van der Waals surface area contributed by atoms with Crippen molar-refractivity contribution in [1.82, 2.24) is 9.55 Å². The first-order valence-corrected chi connectivity index (χ1v) is 6.55. The molecule has 2 aromatic rings. The molecule has 1 aliphatic carbocycles. The number of esters is 1. The van der Waals surface area contributed by atoms with Crippen molar-refractivity contribution in [3.63, 3.8) is 0 Å². The third-order valence-electron chi connectivity index (χ3n) is 3.45. The van der Waals surface area contributed by atoms with Crippen LogP contribution in [-0.2, 0) is 4.74 Å². The fourth-order valence-electron chi connectivity index (χ4n) is 2.40. The Kier molecular flexibility index (Phi) is 3.07. The van der Waals surface area contributed by atoms with Gasteiger partial charge in [-0.3, -0.25) is 0 Å². The van der Waals surface area contributed by atoms with Gasteiger partial charge >= 0.3 is 5.97 Å². The van der Waals surface area contributed by atoms with Gasteiger partial charge in [0.05, 0.1) is 12.9 Å². The summed E-state index contributed by atoms with van der Waals surface area (Å²) in [6.45, 7) is 2.17. The minimum absolute atomic E-state index is 0.349. The van der Waals surface area contributed by atoms with Crippen LogP contribution in [0.5, 0.6) is 0 Å². The molecule has 4 nitrogen and oxygen atoms in total. The molecule has 1 saturated carbocycles. The second-order valence-electron chi connectivity index (χ2n) is 4.75. The molecule has 0 spiro atoms. The number of aromatic nitrogens is 2. The molecular formula is C15H16N2O2. The molecule has 0 radical (unpaired) electrons. The van der Waals surface area contributed by atoms with Crippen molar-refractivity contribution in [2.45, 2.75) is 25.3 Å². The van der Waals surface area contributed by atoms with Gasteiger partial charge in [-0.2, -0.15) is 0 Å². The molecule has 1 aromatic carbocycles. The number of hydrogen-bond acceptors (Lipinski definition) is 3. The highest BCUT2D eigenvalue weighted by Gasteiger charge is 2.39. The minimum atomic E-state index is -0.349. The van der Waals surface area contributed by atoms with Crippen LogP contribution in [-0.4, -0.2) is 22.1 Å². The van der Waals surface area contributed by atoms with Crippen LogP contribution in [0.25, 0.3) is 0 Å². The summed E-state index contributed by atoms with van der Waals surface area (Å²) in [5, 5.41) is 0. The summed E-state index contributed by atoms with van der Waals surface area (Å²) in [4.78, 5) is 15.7. The highest BCUT2D eigenvalue weighted by Crippen LogP contribution is 2.51. The number of imidazole rings is 1. The highest BCUT2D eigenvalue weighted by molar-refractivity contribution is 5.86. The zero-order valence-corrected chi connectivity index (χ0v) is 10.8. The smallest absolute Gasteiger partial charge is 0.358 e. The van der Waals surface area contributed by atoms with Crippen LogP contribution in [0.15, 0.2) is 42.9 Å². The number of nitrogens with zero attached hydrogens (tertiary/aromatic N) is 2. The second-order valence-corrected chi connectivity index (χ2v) is 4.75. The van der Waals surface area contributed by atoms with Crippen LogP contribution < -0.4 is 0 Å². The zero-order chi connectivity index (χ0) is 13.2. The molecule has 2 atom stereocenters. The van der Waals surface area contributed by atoms with Crippen molar-refractivity contribution in [2.75, 3.05) is 6.61 Å². The van der Waals surface area contributed by atoms with Crippen molar-refractivity contribution < 1.29 is 9.53 Å². The molecule has 3 rings (SSSR count). The van der Waals surface area contributed by atoms with Gasteiger partial charge in [0, 0.05) is 18.2 Å². The van der Waals surface area contributed by atoms with Gasteiger partial charge in [-0.1, -0.05) is 30.3 Å². The van der Waals surface area contributed by atoms with E-state index in [-0.39, 0.29) is 5.97 Å². The summed E-state index contributed by atoms with van der Waals surface area (Å²) in [5.74, 6) is 0.184. The van der Waals surface area contributed by atoms with Crippen molar-refractivity contribution >= 4 is 5.97 Å². The second kappa shape index (κ2) is 4.88. The number of benzene rings is 1. The van der Waals surface area contributed by atoms with Gasteiger partial charge in [-0.15, -0.1) is 0 Å². The molecule has 19 heavy (non-hydrogen) atoms. The summed E-state index contributed by atoms with van der Waals surface area (Å²) in [6.07, 6.45) is 4.61. The van der Waals surface area contributed by atoms with Crippen LogP contribution in [0, 0.1) is 0 Å². The summed E-state index contributed by atoms with van der Waals surface area (Å²) in [7, 11) is 0.